The molecular formula is C30H29Cl2N5O2S. The van der Waals surface area contributed by atoms with Crippen LogP contribution in [0.4, 0.5) is 11.6 Å². The van der Waals surface area contributed by atoms with Gasteiger partial charge in [-0.05, 0) is 55.3 Å². The summed E-state index contributed by atoms with van der Waals surface area (Å²) in [6.45, 7) is 4.32. The fraction of sp³-hybridized carbons (Fsp3) is 0.233. The number of hydrogen-bond acceptors (Lipinski definition) is 6. The van der Waals surface area contributed by atoms with Crippen molar-refractivity contribution in [2.24, 2.45) is 0 Å². The second kappa shape index (κ2) is 12.8. The summed E-state index contributed by atoms with van der Waals surface area (Å²) >= 11 is 14.0. The molecule has 0 fully saturated rings. The maximum Gasteiger partial charge on any atom is 0.255 e. The van der Waals surface area contributed by atoms with E-state index >= 15 is 0 Å². The van der Waals surface area contributed by atoms with E-state index in [2.05, 4.69) is 17.6 Å². The number of carbonyl (C=O) groups excluding carboxylic acids is 1. The van der Waals surface area contributed by atoms with Crippen LogP contribution in [-0.4, -0.2) is 26.4 Å². The maximum absolute atomic E-state index is 13.7. The quantitative estimate of drug-likeness (QED) is 0.143. The zero-order valence-corrected chi connectivity index (χ0v) is 24.5. The van der Waals surface area contributed by atoms with Gasteiger partial charge in [0.05, 0.1) is 5.57 Å². The minimum Gasteiger partial charge on any atom is -0.489 e. The lowest BCUT2D eigenvalue weighted by atomic mass is 9.95. The molecule has 1 aromatic heterocycles. The number of thioether (sulfide) groups is 1. The molecule has 1 aliphatic rings. The number of unbranched alkanes of at least 4 members (excludes halogenated alkanes) is 1. The highest BCUT2D eigenvalue weighted by molar-refractivity contribution is 7.99. The molecule has 1 unspecified atom stereocenters. The van der Waals surface area contributed by atoms with E-state index in [-0.39, 0.29) is 12.5 Å². The van der Waals surface area contributed by atoms with Gasteiger partial charge < -0.3 is 15.4 Å². The first-order valence-corrected chi connectivity index (χ1v) is 14.8. The van der Waals surface area contributed by atoms with Crippen LogP contribution >= 0.6 is 35.0 Å². The summed E-state index contributed by atoms with van der Waals surface area (Å²) in [5, 5.41) is 12.9. The first kappa shape index (κ1) is 28.1. The largest absolute Gasteiger partial charge is 0.489 e. The molecule has 1 aliphatic heterocycles. The van der Waals surface area contributed by atoms with Crippen molar-refractivity contribution in [3.05, 3.63) is 105 Å². The molecule has 2 N–H and O–H groups in total. The van der Waals surface area contributed by atoms with Crippen LogP contribution in [0.3, 0.4) is 0 Å². The zero-order valence-electron chi connectivity index (χ0n) is 22.2. The van der Waals surface area contributed by atoms with E-state index in [4.69, 9.17) is 38.0 Å². The smallest absolute Gasteiger partial charge is 0.255 e. The molecule has 0 aliphatic carbocycles. The molecule has 3 aromatic carbocycles. The second-order valence-electron chi connectivity index (χ2n) is 9.35. The lowest BCUT2D eigenvalue weighted by Gasteiger charge is -2.29. The number of nitrogens with zero attached hydrogens (tertiary/aromatic N) is 3. The molecule has 10 heteroatoms. The van der Waals surface area contributed by atoms with E-state index in [1.165, 1.54) is 0 Å². The Labute approximate surface area is 247 Å². The molecule has 206 valence electrons. The van der Waals surface area contributed by atoms with Crippen LogP contribution in [-0.2, 0) is 11.4 Å². The third kappa shape index (κ3) is 6.46. The van der Waals surface area contributed by atoms with Crippen LogP contribution in [0.1, 0.15) is 43.9 Å². The standard InChI is InChI=1S/C30H29Cl2N5O2S/c1-3-4-15-40-30-35-29-33-19(2)26(28(38)34-23-10-6-5-7-11-23)27(37(29)36-30)20-9-8-12-24(16-20)39-18-21-13-14-22(31)17-25(21)32/h5-14,16-17,27H,3-4,15,18H2,1-2H3,(H,34,38)(H,33,35,36). The van der Waals surface area contributed by atoms with Gasteiger partial charge in [-0.25, -0.2) is 4.68 Å². The number of amides is 1. The van der Waals surface area contributed by atoms with Crippen LogP contribution in [0.2, 0.25) is 10.0 Å². The number of anilines is 2. The van der Waals surface area contributed by atoms with Crippen LogP contribution in [0.15, 0.2) is 89.2 Å². The van der Waals surface area contributed by atoms with Crippen LogP contribution in [0.25, 0.3) is 0 Å². The summed E-state index contributed by atoms with van der Waals surface area (Å²) < 4.78 is 7.90. The van der Waals surface area contributed by atoms with Crippen molar-refractivity contribution in [2.75, 3.05) is 16.4 Å². The summed E-state index contributed by atoms with van der Waals surface area (Å²) in [6.07, 6.45) is 2.17. The number of para-hydroxylation sites is 1. The third-order valence-corrected chi connectivity index (χ3v) is 7.93. The van der Waals surface area contributed by atoms with E-state index in [0.717, 1.165) is 29.7 Å². The minimum absolute atomic E-state index is 0.221. The summed E-state index contributed by atoms with van der Waals surface area (Å²) in [5.74, 6) is 1.94. The van der Waals surface area contributed by atoms with Crippen molar-refractivity contribution in [3.8, 4) is 5.75 Å². The normalized spacial score (nSPS) is 14.4. The average molecular weight is 595 g/mol. The molecule has 40 heavy (non-hydrogen) atoms. The van der Waals surface area contributed by atoms with Crippen molar-refractivity contribution >= 4 is 52.5 Å². The number of nitrogens with one attached hydrogen (secondary N) is 2. The highest BCUT2D eigenvalue weighted by Gasteiger charge is 2.34. The Bertz CT molecular complexity index is 1540. The average Bonchev–Trinajstić information content (AvgIpc) is 3.34. The number of ether oxygens (including phenoxy) is 1. The number of halogens is 2. The van der Waals surface area contributed by atoms with Crippen LogP contribution in [0, 0.1) is 0 Å². The van der Waals surface area contributed by atoms with Crippen molar-refractivity contribution in [1.82, 2.24) is 14.8 Å². The van der Waals surface area contributed by atoms with Gasteiger partial charge in [-0.2, -0.15) is 4.98 Å². The SMILES string of the molecule is CCCCSc1nc2n(n1)C(c1cccc(OCc3ccc(Cl)cc3Cl)c1)C(C(=O)Nc1ccccc1)=C(C)N2. The van der Waals surface area contributed by atoms with Gasteiger partial charge in [0, 0.05) is 32.7 Å². The fourth-order valence-electron chi connectivity index (χ4n) is 4.40. The molecule has 4 aromatic rings. The molecule has 0 radical (unpaired) electrons. The highest BCUT2D eigenvalue weighted by atomic mass is 35.5. The third-order valence-electron chi connectivity index (χ3n) is 6.42. The van der Waals surface area contributed by atoms with Crippen molar-refractivity contribution in [1.29, 1.82) is 0 Å². The van der Waals surface area contributed by atoms with Gasteiger partial charge in [-0.1, -0.05) is 84.7 Å². The Kier molecular flexibility index (Phi) is 8.99. The van der Waals surface area contributed by atoms with E-state index in [1.54, 1.807) is 28.6 Å². The number of benzene rings is 3. The molecule has 0 saturated heterocycles. The van der Waals surface area contributed by atoms with Crippen molar-refractivity contribution in [3.63, 3.8) is 0 Å². The van der Waals surface area contributed by atoms with Gasteiger partial charge in [-0.3, -0.25) is 4.79 Å². The Morgan fingerprint density at radius 2 is 1.93 bits per heavy atom. The summed E-state index contributed by atoms with van der Waals surface area (Å²) in [7, 11) is 0. The number of hydrogen-bond donors (Lipinski definition) is 2. The summed E-state index contributed by atoms with van der Waals surface area (Å²) in [5.41, 5.74) is 3.63. The molecule has 1 atom stereocenters. The topological polar surface area (TPSA) is 81.1 Å². The van der Waals surface area contributed by atoms with E-state index in [1.807, 2.05) is 67.6 Å². The van der Waals surface area contributed by atoms with Gasteiger partial charge >= 0.3 is 0 Å². The molecule has 7 nitrogen and oxygen atoms in total. The molecule has 2 heterocycles. The molecule has 0 bridgehead atoms. The zero-order chi connectivity index (χ0) is 28.1. The van der Waals surface area contributed by atoms with Crippen LogP contribution < -0.4 is 15.4 Å². The first-order valence-electron chi connectivity index (χ1n) is 13.0. The predicted octanol–water partition coefficient (Wildman–Crippen LogP) is 7.98. The Morgan fingerprint density at radius 3 is 2.70 bits per heavy atom. The number of rotatable bonds is 10. The predicted molar refractivity (Wildman–Crippen MR) is 162 cm³/mol. The van der Waals surface area contributed by atoms with Crippen molar-refractivity contribution in [2.45, 2.75) is 44.5 Å². The van der Waals surface area contributed by atoms with Crippen molar-refractivity contribution < 1.29 is 9.53 Å². The highest BCUT2D eigenvalue weighted by Crippen LogP contribution is 2.38. The fourth-order valence-corrected chi connectivity index (χ4v) is 5.77. The summed E-state index contributed by atoms with van der Waals surface area (Å²) in [6, 6.07) is 21.9. The monoisotopic (exact) mass is 593 g/mol. The maximum atomic E-state index is 13.7. The number of allylic oxidation sites excluding steroid dienone is 1. The molecule has 5 rings (SSSR count). The molecule has 0 saturated carbocycles. The van der Waals surface area contributed by atoms with E-state index in [9.17, 15) is 4.79 Å². The Hall–Kier alpha value is -3.46. The molecular weight excluding hydrogens is 565 g/mol. The molecule has 1 amide bonds. The van der Waals surface area contributed by atoms with Gasteiger partial charge in [0.1, 0.15) is 18.4 Å². The van der Waals surface area contributed by atoms with Gasteiger partial charge in [0.25, 0.3) is 5.91 Å². The number of aromatic nitrogens is 3. The molecule has 0 spiro atoms. The second-order valence-corrected chi connectivity index (χ2v) is 11.3. The lowest BCUT2D eigenvalue weighted by Crippen LogP contribution is -2.31. The summed E-state index contributed by atoms with van der Waals surface area (Å²) in [4.78, 5) is 18.4. The minimum atomic E-state index is -0.518. The van der Waals surface area contributed by atoms with E-state index in [0.29, 0.717) is 43.9 Å². The van der Waals surface area contributed by atoms with Gasteiger partial charge in [-0.15, -0.1) is 5.10 Å². The number of fused-ring (bicyclic) bond motifs is 1. The Balaban J connectivity index is 1.48. The lowest BCUT2D eigenvalue weighted by molar-refractivity contribution is -0.113. The number of carbonyl (C=O) groups is 1. The Morgan fingerprint density at radius 1 is 1.10 bits per heavy atom. The van der Waals surface area contributed by atoms with Gasteiger partial charge in [0.15, 0.2) is 0 Å². The van der Waals surface area contributed by atoms with Gasteiger partial charge in [0.2, 0.25) is 11.1 Å². The van der Waals surface area contributed by atoms with Crippen LogP contribution in [0.5, 0.6) is 5.75 Å². The first-order chi connectivity index (χ1) is 19.4. The van der Waals surface area contributed by atoms with E-state index < -0.39 is 6.04 Å².